The normalized spacial score (nSPS) is 15.1. The zero-order chi connectivity index (χ0) is 16.4. The summed E-state index contributed by atoms with van der Waals surface area (Å²) in [7, 11) is 0. The Morgan fingerprint density at radius 1 is 1.35 bits per heavy atom. The van der Waals surface area contributed by atoms with Crippen molar-refractivity contribution in [2.75, 3.05) is 0 Å². The number of nitrogens with one attached hydrogen (secondary N) is 2. The first-order valence-corrected chi connectivity index (χ1v) is 7.35. The van der Waals surface area contributed by atoms with Gasteiger partial charge in [-0.15, -0.1) is 0 Å². The third-order valence-electron chi connectivity index (χ3n) is 3.81. The summed E-state index contributed by atoms with van der Waals surface area (Å²) in [4.78, 5) is 38.0. The number of pyridine rings is 1. The number of aliphatic carboxylic acids is 1. The van der Waals surface area contributed by atoms with Gasteiger partial charge in [0.2, 0.25) is 0 Å². The predicted molar refractivity (Wildman–Crippen MR) is 81.0 cm³/mol. The van der Waals surface area contributed by atoms with Gasteiger partial charge in [0.1, 0.15) is 17.4 Å². The van der Waals surface area contributed by atoms with Crippen LogP contribution in [0.5, 0.6) is 0 Å². The maximum Gasteiger partial charge on any atom is 0.326 e. The Kier molecular flexibility index (Phi) is 4.01. The number of carbonyl (C=O) groups excluding carboxylic acids is 1. The van der Waals surface area contributed by atoms with Crippen LogP contribution < -0.4 is 10.9 Å². The maximum absolute atomic E-state index is 12.2. The lowest BCUT2D eigenvalue weighted by molar-refractivity contribution is -0.139. The first-order valence-electron chi connectivity index (χ1n) is 7.35. The Hall–Kier alpha value is -2.83. The van der Waals surface area contributed by atoms with Gasteiger partial charge in [0.05, 0.1) is 12.0 Å². The number of furan rings is 1. The van der Waals surface area contributed by atoms with E-state index in [9.17, 15) is 19.5 Å². The Morgan fingerprint density at radius 3 is 2.70 bits per heavy atom. The third kappa shape index (κ3) is 3.50. The van der Waals surface area contributed by atoms with Crippen molar-refractivity contribution in [3.8, 4) is 11.5 Å². The standard InChI is InChI=1S/C16H16N2O5/c19-14-10(5-6-11(17-14)13-2-1-7-23-13)15(20)18-12(16(21)22)8-9-3-4-9/h1-2,5-7,9,12H,3-4,8H2,(H,17,19)(H,18,20)(H,21,22). The minimum Gasteiger partial charge on any atom is -0.480 e. The molecule has 7 heteroatoms. The number of aromatic amines is 1. The molecule has 2 aromatic heterocycles. The van der Waals surface area contributed by atoms with Gasteiger partial charge in [0.25, 0.3) is 11.5 Å². The van der Waals surface area contributed by atoms with Gasteiger partial charge in [0, 0.05) is 0 Å². The maximum atomic E-state index is 12.2. The average Bonchev–Trinajstić information content (AvgIpc) is 3.16. The summed E-state index contributed by atoms with van der Waals surface area (Å²) in [5.74, 6) is -0.957. The minimum absolute atomic E-state index is 0.123. The van der Waals surface area contributed by atoms with Crippen LogP contribution in [0.1, 0.15) is 29.6 Å². The van der Waals surface area contributed by atoms with Crippen LogP contribution in [0.3, 0.4) is 0 Å². The highest BCUT2D eigenvalue weighted by molar-refractivity contribution is 5.96. The monoisotopic (exact) mass is 316 g/mol. The molecule has 3 N–H and O–H groups in total. The summed E-state index contributed by atoms with van der Waals surface area (Å²) in [5.41, 5.74) is -0.265. The fourth-order valence-corrected chi connectivity index (χ4v) is 2.37. The number of rotatable bonds is 6. The van der Waals surface area contributed by atoms with Crippen LogP contribution in [0.15, 0.2) is 39.7 Å². The molecular formula is C16H16N2O5. The molecular weight excluding hydrogens is 300 g/mol. The van der Waals surface area contributed by atoms with Crippen LogP contribution in [0.4, 0.5) is 0 Å². The molecule has 1 aliphatic rings. The summed E-state index contributed by atoms with van der Waals surface area (Å²) >= 11 is 0. The number of carboxylic acids is 1. The van der Waals surface area contributed by atoms with Crippen LogP contribution >= 0.6 is 0 Å². The molecule has 1 atom stereocenters. The summed E-state index contributed by atoms with van der Waals surface area (Å²) in [5, 5.41) is 11.6. The molecule has 1 amide bonds. The van der Waals surface area contributed by atoms with E-state index in [1.54, 1.807) is 18.2 Å². The first kappa shape index (κ1) is 15.1. The van der Waals surface area contributed by atoms with E-state index in [0.29, 0.717) is 23.8 Å². The van der Waals surface area contributed by atoms with Crippen molar-refractivity contribution in [2.45, 2.75) is 25.3 Å². The van der Waals surface area contributed by atoms with Crippen LogP contribution in [-0.2, 0) is 4.79 Å². The second kappa shape index (κ2) is 6.12. The van der Waals surface area contributed by atoms with E-state index >= 15 is 0 Å². The molecule has 1 aliphatic carbocycles. The highest BCUT2D eigenvalue weighted by Gasteiger charge is 2.30. The van der Waals surface area contributed by atoms with Gasteiger partial charge >= 0.3 is 5.97 Å². The number of carboxylic acid groups (broad SMARTS) is 1. The van der Waals surface area contributed by atoms with Crippen LogP contribution in [-0.4, -0.2) is 28.0 Å². The quantitative estimate of drug-likeness (QED) is 0.749. The topological polar surface area (TPSA) is 112 Å². The van der Waals surface area contributed by atoms with Crippen molar-refractivity contribution in [1.29, 1.82) is 0 Å². The number of hydrogen-bond donors (Lipinski definition) is 3. The van der Waals surface area contributed by atoms with Gasteiger partial charge in [-0.2, -0.15) is 0 Å². The second-order valence-electron chi connectivity index (χ2n) is 5.64. The van der Waals surface area contributed by atoms with Gasteiger partial charge in [0.15, 0.2) is 0 Å². The van der Waals surface area contributed by atoms with Gasteiger partial charge in [-0.05, 0) is 36.6 Å². The van der Waals surface area contributed by atoms with Crippen molar-refractivity contribution in [3.05, 3.63) is 46.4 Å². The molecule has 3 rings (SSSR count). The average molecular weight is 316 g/mol. The van der Waals surface area contributed by atoms with Gasteiger partial charge in [-0.3, -0.25) is 9.59 Å². The molecule has 1 saturated carbocycles. The summed E-state index contributed by atoms with van der Waals surface area (Å²) in [6.07, 6.45) is 3.84. The molecule has 0 radical (unpaired) electrons. The van der Waals surface area contributed by atoms with Gasteiger partial charge in [-0.25, -0.2) is 4.79 Å². The second-order valence-corrected chi connectivity index (χ2v) is 5.64. The highest BCUT2D eigenvalue weighted by Crippen LogP contribution is 2.33. The predicted octanol–water partition coefficient (Wildman–Crippen LogP) is 1.62. The Balaban J connectivity index is 1.76. The van der Waals surface area contributed by atoms with Crippen LogP contribution in [0.2, 0.25) is 0 Å². The number of hydrogen-bond acceptors (Lipinski definition) is 4. The smallest absolute Gasteiger partial charge is 0.326 e. The van der Waals surface area contributed by atoms with Crippen LogP contribution in [0.25, 0.3) is 11.5 Å². The summed E-state index contributed by atoms with van der Waals surface area (Å²) < 4.78 is 5.17. The number of aromatic nitrogens is 1. The van der Waals surface area contributed by atoms with E-state index in [-0.39, 0.29) is 5.56 Å². The van der Waals surface area contributed by atoms with Crippen molar-refractivity contribution in [1.82, 2.24) is 10.3 Å². The SMILES string of the molecule is O=C(NC(CC1CC1)C(=O)O)c1ccc(-c2ccco2)[nH]c1=O. The summed E-state index contributed by atoms with van der Waals surface area (Å²) in [6, 6.07) is 5.30. The lowest BCUT2D eigenvalue weighted by Crippen LogP contribution is -2.42. The molecule has 1 unspecified atom stereocenters. The molecule has 0 aromatic carbocycles. The van der Waals surface area contributed by atoms with E-state index in [4.69, 9.17) is 4.42 Å². The molecule has 2 heterocycles. The van der Waals surface area contributed by atoms with E-state index in [1.807, 2.05) is 0 Å². The van der Waals surface area contributed by atoms with E-state index in [0.717, 1.165) is 12.8 Å². The molecule has 0 aliphatic heterocycles. The lowest BCUT2D eigenvalue weighted by atomic mass is 10.1. The molecule has 1 fully saturated rings. The van der Waals surface area contributed by atoms with Gasteiger partial charge < -0.3 is 19.8 Å². The first-order chi connectivity index (χ1) is 11.0. The highest BCUT2D eigenvalue weighted by atomic mass is 16.4. The van der Waals surface area contributed by atoms with Gasteiger partial charge in [-0.1, -0.05) is 12.8 Å². The zero-order valence-electron chi connectivity index (χ0n) is 12.2. The molecule has 0 saturated heterocycles. The zero-order valence-corrected chi connectivity index (χ0v) is 12.2. The largest absolute Gasteiger partial charge is 0.480 e. The number of carbonyl (C=O) groups is 2. The molecule has 23 heavy (non-hydrogen) atoms. The van der Waals surface area contributed by atoms with E-state index < -0.39 is 23.5 Å². The molecule has 0 spiro atoms. The lowest BCUT2D eigenvalue weighted by Gasteiger charge is -2.13. The van der Waals surface area contributed by atoms with Crippen LogP contribution in [0, 0.1) is 5.92 Å². The third-order valence-corrected chi connectivity index (χ3v) is 3.81. The number of amides is 1. The fourth-order valence-electron chi connectivity index (χ4n) is 2.37. The van der Waals surface area contributed by atoms with Crippen molar-refractivity contribution < 1.29 is 19.1 Å². The van der Waals surface area contributed by atoms with Crippen molar-refractivity contribution >= 4 is 11.9 Å². The van der Waals surface area contributed by atoms with E-state index in [2.05, 4.69) is 10.3 Å². The molecule has 120 valence electrons. The molecule has 2 aromatic rings. The molecule has 0 bridgehead atoms. The molecule has 7 nitrogen and oxygen atoms in total. The fraction of sp³-hybridized carbons (Fsp3) is 0.312. The van der Waals surface area contributed by atoms with Crippen molar-refractivity contribution in [3.63, 3.8) is 0 Å². The Morgan fingerprint density at radius 2 is 2.13 bits per heavy atom. The number of H-pyrrole nitrogens is 1. The summed E-state index contributed by atoms with van der Waals surface area (Å²) in [6.45, 7) is 0. The van der Waals surface area contributed by atoms with Crippen molar-refractivity contribution in [2.24, 2.45) is 5.92 Å². The Bertz CT molecular complexity index is 774. The Labute approximate surface area is 131 Å². The van der Waals surface area contributed by atoms with E-state index in [1.165, 1.54) is 12.3 Å². The minimum atomic E-state index is -1.09.